The molecule has 6 nitrogen and oxygen atoms in total. The van der Waals surface area contributed by atoms with E-state index in [0.29, 0.717) is 19.4 Å². The number of halogens is 2. The molecule has 8 N–H and O–H groups in total. The molecule has 0 spiro atoms. The molecule has 86 valence electrons. The zero-order chi connectivity index (χ0) is 9.56. The lowest BCUT2D eigenvalue weighted by molar-refractivity contribution is 0.381. The van der Waals surface area contributed by atoms with Crippen molar-refractivity contribution < 1.29 is 10.0 Å². The zero-order valence-corrected chi connectivity index (χ0v) is 9.30. The Morgan fingerprint density at radius 2 is 1.79 bits per heavy atom. The molecule has 0 aliphatic heterocycles. The molecule has 0 aliphatic rings. The van der Waals surface area contributed by atoms with E-state index in [4.69, 9.17) is 27.2 Å². The van der Waals surface area contributed by atoms with E-state index in [1.807, 2.05) is 0 Å². The predicted octanol–water partition coefficient (Wildman–Crippen LogP) is -1.78. The van der Waals surface area contributed by atoms with Gasteiger partial charge in [0.05, 0.1) is 0 Å². The summed E-state index contributed by atoms with van der Waals surface area (Å²) in [4.78, 5) is 3.71. The predicted molar refractivity (Wildman–Crippen MR) is 62.6 cm³/mol. The second-order valence-corrected chi connectivity index (χ2v) is 2.53. The third-order valence-electron chi connectivity index (χ3n) is 1.37. The fourth-order valence-electron chi connectivity index (χ4n) is 0.684. The maximum atomic E-state index is 8.57. The van der Waals surface area contributed by atoms with E-state index in [-0.39, 0.29) is 30.8 Å². The van der Waals surface area contributed by atoms with E-state index in [1.54, 1.807) is 0 Å². The maximum absolute atomic E-state index is 8.57. The molecule has 0 saturated heterocycles. The summed E-state index contributed by atoms with van der Waals surface area (Å²) in [6.45, 7) is 0.461. The summed E-state index contributed by atoms with van der Waals surface area (Å²) in [6, 6.07) is 0. The van der Waals surface area contributed by atoms with Gasteiger partial charge in [-0.1, -0.05) is 0 Å². The van der Waals surface area contributed by atoms with Crippen LogP contribution in [0.25, 0.3) is 0 Å². The summed E-state index contributed by atoms with van der Waals surface area (Å²) in [5, 5.41) is 17.1. The van der Waals surface area contributed by atoms with Crippen LogP contribution in [0.3, 0.4) is 0 Å². The third kappa shape index (κ3) is 11.8. The largest absolute Gasteiger partial charge is 0.469 e. The van der Waals surface area contributed by atoms with Gasteiger partial charge in [-0.25, -0.2) is 0 Å². The van der Waals surface area contributed by atoms with E-state index in [0.717, 1.165) is 0 Å². The topological polar surface area (TPSA) is 131 Å². The third-order valence-corrected chi connectivity index (χ3v) is 1.37. The van der Waals surface area contributed by atoms with Gasteiger partial charge in [0, 0.05) is 12.5 Å². The van der Waals surface area contributed by atoms with Gasteiger partial charge in [0.2, 0.25) is 0 Å². The van der Waals surface area contributed by atoms with Crippen molar-refractivity contribution in [3.63, 3.8) is 0 Å². The van der Waals surface area contributed by atoms with Crippen molar-refractivity contribution in [2.24, 2.45) is 22.2 Å². The van der Waals surface area contributed by atoms with Crippen LogP contribution in [0.15, 0.2) is 4.99 Å². The van der Waals surface area contributed by atoms with Gasteiger partial charge in [-0.2, -0.15) is 0 Å². The Morgan fingerprint density at radius 1 is 1.29 bits per heavy atom. The van der Waals surface area contributed by atoms with Crippen LogP contribution in [-0.4, -0.2) is 35.6 Å². The first kappa shape index (κ1) is 19.4. The minimum atomic E-state index is -1.47. The molecule has 0 bridgehead atoms. The van der Waals surface area contributed by atoms with Gasteiger partial charge in [0.15, 0.2) is 5.96 Å². The summed E-state index contributed by atoms with van der Waals surface area (Å²) in [6.07, 6.45) is 1.12. The maximum Gasteiger partial charge on any atom is 0.469 e. The molecule has 9 heteroatoms. The Labute approximate surface area is 95.9 Å². The Hall–Kier alpha value is -0.205. The summed E-state index contributed by atoms with van der Waals surface area (Å²) in [5.74, 6) is -0.590. The monoisotopic (exact) mass is 246 g/mol. The molecule has 0 aliphatic carbocycles. The van der Waals surface area contributed by atoms with E-state index >= 15 is 0 Å². The Balaban J connectivity index is -0.000000605. The van der Waals surface area contributed by atoms with Gasteiger partial charge in [0.1, 0.15) is 0 Å². The average Bonchev–Trinajstić information content (AvgIpc) is 1.97. The molecule has 1 atom stereocenters. The number of nitrogens with zero attached hydrogens (tertiary/aromatic N) is 1. The molecule has 0 unspecified atom stereocenters. The molecule has 0 amide bonds. The molecule has 0 rings (SSSR count). The van der Waals surface area contributed by atoms with Crippen LogP contribution in [0, 0.1) is 0 Å². The zero-order valence-electron chi connectivity index (χ0n) is 7.67. The van der Waals surface area contributed by atoms with Crippen LogP contribution in [0.2, 0.25) is 0 Å². The van der Waals surface area contributed by atoms with Crippen LogP contribution in [0.1, 0.15) is 12.8 Å². The van der Waals surface area contributed by atoms with Crippen molar-refractivity contribution in [2.75, 3.05) is 6.54 Å². The van der Waals surface area contributed by atoms with Gasteiger partial charge in [-0.15, -0.1) is 24.8 Å². The summed E-state index contributed by atoms with van der Waals surface area (Å²) in [5.41, 5.74) is 15.5. The molecular weight excluding hydrogens is 230 g/mol. The molecule has 0 saturated carbocycles. The Kier molecular flexibility index (Phi) is 15.1. The van der Waals surface area contributed by atoms with Crippen molar-refractivity contribution in [2.45, 2.75) is 18.8 Å². The van der Waals surface area contributed by atoms with E-state index in [9.17, 15) is 0 Å². The molecule has 0 fully saturated rings. The standard InChI is InChI=1S/C5H15BN4O2.2ClH/c7-4(6(11)12)2-1-3-10-5(8)9;;/h4,11-12H,1-3,7H2,(H4,8,9,10);2*1H/t4-;;/m0../s1. The lowest BCUT2D eigenvalue weighted by atomic mass is 9.78. The van der Waals surface area contributed by atoms with Crippen molar-refractivity contribution in [3.8, 4) is 0 Å². The van der Waals surface area contributed by atoms with Crippen LogP contribution < -0.4 is 17.2 Å². The van der Waals surface area contributed by atoms with Gasteiger partial charge in [-0.3, -0.25) is 4.99 Å². The van der Waals surface area contributed by atoms with E-state index in [2.05, 4.69) is 4.99 Å². The van der Waals surface area contributed by atoms with E-state index in [1.165, 1.54) is 0 Å². The number of aliphatic imine (C=N–C) groups is 1. The second-order valence-electron chi connectivity index (χ2n) is 2.53. The molecule has 0 aromatic carbocycles. The molecule has 0 radical (unpaired) electrons. The minimum Gasteiger partial charge on any atom is -0.426 e. The smallest absolute Gasteiger partial charge is 0.426 e. The van der Waals surface area contributed by atoms with Crippen molar-refractivity contribution in [1.82, 2.24) is 0 Å². The lowest BCUT2D eigenvalue weighted by Gasteiger charge is -2.07. The number of hydrogen-bond donors (Lipinski definition) is 5. The summed E-state index contributed by atoms with van der Waals surface area (Å²) >= 11 is 0. The SMILES string of the molecule is Cl.Cl.NC(N)=NCCC[C@H](N)B(O)O. The first-order valence-corrected chi connectivity index (χ1v) is 3.71. The summed E-state index contributed by atoms with van der Waals surface area (Å²) in [7, 11) is -1.47. The van der Waals surface area contributed by atoms with Gasteiger partial charge < -0.3 is 27.2 Å². The fraction of sp³-hybridized carbons (Fsp3) is 0.800. The molecule has 0 aromatic rings. The van der Waals surface area contributed by atoms with Crippen molar-refractivity contribution in [3.05, 3.63) is 0 Å². The molecular formula is C5H17BCl2N4O2. The van der Waals surface area contributed by atoms with Crippen LogP contribution in [-0.2, 0) is 0 Å². The first-order valence-electron chi connectivity index (χ1n) is 3.71. The van der Waals surface area contributed by atoms with Crippen LogP contribution in [0.4, 0.5) is 0 Å². The van der Waals surface area contributed by atoms with Gasteiger partial charge >= 0.3 is 7.12 Å². The highest BCUT2D eigenvalue weighted by Gasteiger charge is 2.17. The molecule has 14 heavy (non-hydrogen) atoms. The molecule has 0 aromatic heterocycles. The minimum absolute atomic E-state index is 0. The number of hydrogen-bond acceptors (Lipinski definition) is 4. The fourth-order valence-corrected chi connectivity index (χ4v) is 0.684. The summed E-state index contributed by atoms with van der Waals surface area (Å²) < 4.78 is 0. The second kappa shape index (κ2) is 10.9. The van der Waals surface area contributed by atoms with Gasteiger partial charge in [-0.05, 0) is 12.8 Å². The number of nitrogens with two attached hydrogens (primary N) is 3. The van der Waals surface area contributed by atoms with Crippen molar-refractivity contribution in [1.29, 1.82) is 0 Å². The first-order chi connectivity index (χ1) is 5.54. The average molecular weight is 247 g/mol. The highest BCUT2D eigenvalue weighted by atomic mass is 35.5. The highest BCUT2D eigenvalue weighted by Crippen LogP contribution is 1.95. The Bertz CT molecular complexity index is 157. The Morgan fingerprint density at radius 3 is 2.14 bits per heavy atom. The van der Waals surface area contributed by atoms with Crippen LogP contribution >= 0.6 is 24.8 Å². The van der Waals surface area contributed by atoms with Crippen molar-refractivity contribution >= 4 is 37.9 Å². The van der Waals surface area contributed by atoms with E-state index < -0.39 is 13.1 Å². The lowest BCUT2D eigenvalue weighted by Crippen LogP contribution is -2.38. The van der Waals surface area contributed by atoms with Crippen LogP contribution in [0.5, 0.6) is 0 Å². The number of guanidine groups is 1. The number of rotatable bonds is 5. The highest BCUT2D eigenvalue weighted by molar-refractivity contribution is 6.43. The van der Waals surface area contributed by atoms with Gasteiger partial charge in [0.25, 0.3) is 0 Å². The normalized spacial score (nSPS) is 10.5. The molecule has 0 heterocycles. The quantitative estimate of drug-likeness (QED) is 0.170.